The van der Waals surface area contributed by atoms with E-state index in [0.29, 0.717) is 22.9 Å². The van der Waals surface area contributed by atoms with Crippen LogP contribution in [0.15, 0.2) is 67.5 Å². The van der Waals surface area contributed by atoms with Gasteiger partial charge in [-0.3, -0.25) is 30.0 Å². The molecule has 0 bridgehead atoms. The molecule has 6 aromatic rings. The Kier molecular flexibility index (Phi) is 3.57. The van der Waals surface area contributed by atoms with E-state index in [0.717, 1.165) is 33.3 Å². The standard InChI is InChI=1S/C21H13N9/c1-2-5-23-13(3-1)19-20-14(4-6-25-19)27-21(28-20)18-12-9-15(17-10-22-7-8-24-17)26-11-16(12)29-30-18/h1-11H,(H,27,28)(H,29,30). The van der Waals surface area contributed by atoms with Crippen LogP contribution in [0, 0.1) is 0 Å². The fraction of sp³-hybridized carbons (Fsp3) is 0. The number of nitrogens with one attached hydrogen (secondary N) is 2. The number of imidazole rings is 1. The molecule has 0 amide bonds. The number of hydrogen-bond acceptors (Lipinski definition) is 7. The minimum atomic E-state index is 0.637. The summed E-state index contributed by atoms with van der Waals surface area (Å²) in [5, 5.41) is 8.37. The van der Waals surface area contributed by atoms with Crippen molar-refractivity contribution in [1.29, 1.82) is 0 Å². The first-order valence-corrected chi connectivity index (χ1v) is 9.24. The van der Waals surface area contributed by atoms with Crippen molar-refractivity contribution in [2.45, 2.75) is 0 Å². The van der Waals surface area contributed by atoms with Crippen LogP contribution in [0.4, 0.5) is 0 Å². The quantitative estimate of drug-likeness (QED) is 0.474. The van der Waals surface area contributed by atoms with Crippen molar-refractivity contribution in [3.63, 3.8) is 0 Å². The number of H-pyrrole nitrogens is 2. The van der Waals surface area contributed by atoms with Crippen LogP contribution in [-0.2, 0) is 0 Å². The van der Waals surface area contributed by atoms with Crippen LogP contribution in [0.3, 0.4) is 0 Å². The monoisotopic (exact) mass is 391 g/mol. The number of aromatic amines is 2. The molecular formula is C21H13N9. The van der Waals surface area contributed by atoms with Crippen LogP contribution in [0.1, 0.15) is 0 Å². The van der Waals surface area contributed by atoms with E-state index < -0.39 is 0 Å². The highest BCUT2D eigenvalue weighted by Crippen LogP contribution is 2.30. The van der Waals surface area contributed by atoms with Crippen LogP contribution in [0.25, 0.3) is 56.2 Å². The lowest BCUT2D eigenvalue weighted by atomic mass is 10.2. The minimum Gasteiger partial charge on any atom is -0.336 e. The van der Waals surface area contributed by atoms with E-state index in [4.69, 9.17) is 4.98 Å². The summed E-state index contributed by atoms with van der Waals surface area (Å²) in [5.41, 5.74) is 6.00. The molecule has 6 rings (SSSR count). The molecule has 0 atom stereocenters. The zero-order valence-electron chi connectivity index (χ0n) is 15.5. The Bertz CT molecular complexity index is 1490. The zero-order chi connectivity index (χ0) is 19.9. The van der Waals surface area contributed by atoms with Gasteiger partial charge in [-0.2, -0.15) is 5.10 Å². The summed E-state index contributed by atoms with van der Waals surface area (Å²) in [6.07, 6.45) is 10.2. The summed E-state index contributed by atoms with van der Waals surface area (Å²) >= 11 is 0. The maximum absolute atomic E-state index is 4.80. The van der Waals surface area contributed by atoms with E-state index in [-0.39, 0.29) is 0 Å². The number of fused-ring (bicyclic) bond motifs is 2. The maximum Gasteiger partial charge on any atom is 0.159 e. The maximum atomic E-state index is 4.80. The summed E-state index contributed by atoms with van der Waals surface area (Å²) in [7, 11) is 0. The first-order valence-electron chi connectivity index (χ1n) is 9.24. The second-order valence-electron chi connectivity index (χ2n) is 6.63. The van der Waals surface area contributed by atoms with Gasteiger partial charge >= 0.3 is 0 Å². The summed E-state index contributed by atoms with van der Waals surface area (Å²) in [6, 6.07) is 9.54. The van der Waals surface area contributed by atoms with E-state index in [9.17, 15) is 0 Å². The van der Waals surface area contributed by atoms with E-state index in [2.05, 4.69) is 40.1 Å². The fourth-order valence-electron chi connectivity index (χ4n) is 3.41. The smallest absolute Gasteiger partial charge is 0.159 e. The van der Waals surface area contributed by atoms with Crippen molar-refractivity contribution in [2.75, 3.05) is 0 Å². The Morgan fingerprint density at radius 2 is 1.67 bits per heavy atom. The van der Waals surface area contributed by atoms with Crippen molar-refractivity contribution in [3.05, 3.63) is 67.5 Å². The number of rotatable bonds is 3. The van der Waals surface area contributed by atoms with Gasteiger partial charge in [0.05, 0.1) is 34.8 Å². The van der Waals surface area contributed by atoms with Gasteiger partial charge in [0, 0.05) is 30.2 Å². The summed E-state index contributed by atoms with van der Waals surface area (Å²) in [4.78, 5) is 29.9. The second-order valence-corrected chi connectivity index (χ2v) is 6.63. The lowest BCUT2D eigenvalue weighted by Crippen LogP contribution is -1.88. The molecule has 0 saturated heterocycles. The molecule has 0 saturated carbocycles. The largest absolute Gasteiger partial charge is 0.336 e. The van der Waals surface area contributed by atoms with Gasteiger partial charge in [-0.15, -0.1) is 0 Å². The van der Waals surface area contributed by atoms with Gasteiger partial charge in [0.2, 0.25) is 0 Å². The lowest BCUT2D eigenvalue weighted by Gasteiger charge is -1.99. The Morgan fingerprint density at radius 1 is 0.700 bits per heavy atom. The third-order valence-corrected chi connectivity index (χ3v) is 4.81. The third-order valence-electron chi connectivity index (χ3n) is 4.81. The molecule has 0 unspecified atom stereocenters. The Hall–Kier alpha value is -4.53. The van der Waals surface area contributed by atoms with Gasteiger partial charge in [0.1, 0.15) is 22.6 Å². The number of aromatic nitrogens is 9. The average molecular weight is 391 g/mol. The average Bonchev–Trinajstić information content (AvgIpc) is 3.43. The molecule has 0 spiro atoms. The molecule has 9 heteroatoms. The van der Waals surface area contributed by atoms with Crippen LogP contribution < -0.4 is 0 Å². The molecule has 2 N–H and O–H groups in total. The molecule has 0 aromatic carbocycles. The van der Waals surface area contributed by atoms with Gasteiger partial charge in [-0.1, -0.05) is 6.07 Å². The topological polar surface area (TPSA) is 122 Å². The number of pyridine rings is 3. The molecule has 9 nitrogen and oxygen atoms in total. The molecule has 0 radical (unpaired) electrons. The number of nitrogens with zero attached hydrogens (tertiary/aromatic N) is 7. The highest BCUT2D eigenvalue weighted by molar-refractivity contribution is 5.96. The van der Waals surface area contributed by atoms with Crippen LogP contribution >= 0.6 is 0 Å². The molecule has 0 aliphatic carbocycles. The predicted molar refractivity (Wildman–Crippen MR) is 111 cm³/mol. The minimum absolute atomic E-state index is 0.637. The van der Waals surface area contributed by atoms with Gasteiger partial charge in [0.15, 0.2) is 5.82 Å². The molecule has 6 aromatic heterocycles. The van der Waals surface area contributed by atoms with Crippen molar-refractivity contribution < 1.29 is 0 Å². The van der Waals surface area contributed by atoms with Gasteiger partial charge in [0.25, 0.3) is 0 Å². The van der Waals surface area contributed by atoms with Crippen molar-refractivity contribution in [3.8, 4) is 34.3 Å². The predicted octanol–water partition coefficient (Wildman–Crippen LogP) is 3.42. The highest BCUT2D eigenvalue weighted by Gasteiger charge is 2.17. The van der Waals surface area contributed by atoms with Crippen molar-refractivity contribution >= 4 is 21.9 Å². The SMILES string of the molecule is c1ccc(-c2nccc3[nH]c(-c4n[nH]c5cnc(-c6cnccn6)cc45)nc23)nc1. The molecule has 0 aliphatic rings. The Balaban J connectivity index is 1.52. The summed E-state index contributed by atoms with van der Waals surface area (Å²) in [6.45, 7) is 0. The molecule has 6 heterocycles. The van der Waals surface area contributed by atoms with Crippen LogP contribution in [0.5, 0.6) is 0 Å². The van der Waals surface area contributed by atoms with Crippen molar-refractivity contribution in [1.82, 2.24) is 45.1 Å². The van der Waals surface area contributed by atoms with Gasteiger partial charge < -0.3 is 4.98 Å². The fourth-order valence-corrected chi connectivity index (χ4v) is 3.41. The first-order chi connectivity index (χ1) is 14.9. The molecular weight excluding hydrogens is 378 g/mol. The van der Waals surface area contributed by atoms with E-state index in [1.165, 1.54) is 0 Å². The van der Waals surface area contributed by atoms with Gasteiger partial charge in [-0.05, 0) is 24.3 Å². The Labute approximate surface area is 169 Å². The van der Waals surface area contributed by atoms with Crippen LogP contribution in [-0.4, -0.2) is 45.1 Å². The summed E-state index contributed by atoms with van der Waals surface area (Å²) < 4.78 is 0. The molecule has 0 aliphatic heterocycles. The first kappa shape index (κ1) is 16.4. The highest BCUT2D eigenvalue weighted by atomic mass is 15.1. The second kappa shape index (κ2) is 6.52. The van der Waals surface area contributed by atoms with Crippen molar-refractivity contribution in [2.24, 2.45) is 0 Å². The van der Waals surface area contributed by atoms with E-state index in [1.54, 1.807) is 37.2 Å². The summed E-state index contributed by atoms with van der Waals surface area (Å²) in [5.74, 6) is 0.637. The normalized spacial score (nSPS) is 11.3. The molecule has 0 fully saturated rings. The Morgan fingerprint density at radius 3 is 2.53 bits per heavy atom. The van der Waals surface area contributed by atoms with E-state index >= 15 is 0 Å². The molecule has 142 valence electrons. The van der Waals surface area contributed by atoms with Gasteiger partial charge in [-0.25, -0.2) is 4.98 Å². The van der Waals surface area contributed by atoms with E-state index in [1.807, 2.05) is 30.3 Å². The third kappa shape index (κ3) is 2.60. The lowest BCUT2D eigenvalue weighted by molar-refractivity contribution is 1.10. The zero-order valence-corrected chi connectivity index (χ0v) is 15.5. The van der Waals surface area contributed by atoms with Crippen LogP contribution in [0.2, 0.25) is 0 Å². The molecule has 30 heavy (non-hydrogen) atoms. The number of hydrogen-bond donors (Lipinski definition) is 2.